The van der Waals surface area contributed by atoms with Gasteiger partial charge < -0.3 is 4.74 Å². The van der Waals surface area contributed by atoms with E-state index in [9.17, 15) is 13.6 Å². The van der Waals surface area contributed by atoms with E-state index in [2.05, 4.69) is 23.5 Å². The highest BCUT2D eigenvalue weighted by Crippen LogP contribution is 2.68. The van der Waals surface area contributed by atoms with Crippen LogP contribution in [0.5, 0.6) is 0 Å². The molecule has 194 valence electrons. The van der Waals surface area contributed by atoms with Gasteiger partial charge in [-0.3, -0.25) is 5.26 Å². The molecule has 0 spiro atoms. The summed E-state index contributed by atoms with van der Waals surface area (Å²) >= 11 is 0. The number of halogens is 2. The zero-order valence-corrected chi connectivity index (χ0v) is 21.8. The second kappa shape index (κ2) is 11.8. The summed E-state index contributed by atoms with van der Waals surface area (Å²) in [5.41, 5.74) is 0.712. The van der Waals surface area contributed by atoms with Gasteiger partial charge in [0.25, 0.3) is 0 Å². The van der Waals surface area contributed by atoms with Crippen molar-refractivity contribution in [1.29, 1.82) is 0 Å². The molecule has 4 saturated carbocycles. The molecule has 4 nitrogen and oxygen atoms in total. The molecule has 6 heteroatoms. The molecule has 0 aromatic heterocycles. The fourth-order valence-electron chi connectivity index (χ4n) is 8.49. The number of rotatable bonds is 4. The Labute approximate surface area is 200 Å². The van der Waals surface area contributed by atoms with Crippen LogP contribution in [0.4, 0.5) is 8.78 Å². The first kappa shape index (κ1) is 28.5. The maximum absolute atomic E-state index is 14.0. The minimum Gasteiger partial charge on any atom is -0.465 e. The molecule has 7 unspecified atom stereocenters. The standard InChI is InChI=1S/C24H38F2O2.C2H6.CH4O2/c1-22-13-5-4-6-16(22)7-9-18-19-10-8-17(23(19,2)14-12-20(18)22)11-15-24(25,26)21(27)28-3;1-2;1-3-2/h16-20H,4-15H2,1-3H3;1-2H3;2H,1H3. The van der Waals surface area contributed by atoms with Crippen LogP contribution in [0.3, 0.4) is 0 Å². The van der Waals surface area contributed by atoms with Crippen LogP contribution in [-0.2, 0) is 14.4 Å². The van der Waals surface area contributed by atoms with Crippen molar-refractivity contribution in [3.05, 3.63) is 0 Å². The van der Waals surface area contributed by atoms with E-state index in [1.165, 1.54) is 64.9 Å². The van der Waals surface area contributed by atoms with Crippen molar-refractivity contribution in [2.75, 3.05) is 14.2 Å². The largest absolute Gasteiger partial charge is 0.465 e. The van der Waals surface area contributed by atoms with Crippen LogP contribution in [0, 0.1) is 40.4 Å². The van der Waals surface area contributed by atoms with Crippen LogP contribution in [0.15, 0.2) is 0 Å². The number of esters is 1. The predicted molar refractivity (Wildman–Crippen MR) is 127 cm³/mol. The molecule has 33 heavy (non-hydrogen) atoms. The average molecular weight is 475 g/mol. The maximum atomic E-state index is 14.0. The van der Waals surface area contributed by atoms with E-state index in [0.29, 0.717) is 23.7 Å². The summed E-state index contributed by atoms with van der Waals surface area (Å²) in [6.07, 6.45) is 13.2. The second-order valence-corrected chi connectivity index (χ2v) is 11.1. The summed E-state index contributed by atoms with van der Waals surface area (Å²) in [6.45, 7) is 8.97. The van der Waals surface area contributed by atoms with Gasteiger partial charge >= 0.3 is 11.9 Å². The molecule has 0 bridgehead atoms. The molecule has 4 rings (SSSR count). The fraction of sp³-hybridized carbons (Fsp3) is 0.963. The van der Waals surface area contributed by atoms with Crippen LogP contribution in [0.1, 0.15) is 105 Å². The quantitative estimate of drug-likeness (QED) is 0.257. The molecular formula is C27H48F2O4. The Morgan fingerprint density at radius 3 is 2.21 bits per heavy atom. The Kier molecular flexibility index (Phi) is 10.2. The van der Waals surface area contributed by atoms with Crippen LogP contribution in [-0.4, -0.2) is 31.4 Å². The maximum Gasteiger partial charge on any atom is 0.376 e. The fourth-order valence-corrected chi connectivity index (χ4v) is 8.49. The zero-order chi connectivity index (χ0) is 24.9. The zero-order valence-electron chi connectivity index (χ0n) is 21.8. The molecule has 0 aliphatic heterocycles. The van der Waals surface area contributed by atoms with Gasteiger partial charge in [-0.25, -0.2) is 9.68 Å². The van der Waals surface area contributed by atoms with Crippen molar-refractivity contribution >= 4 is 5.97 Å². The van der Waals surface area contributed by atoms with Gasteiger partial charge in [-0.05, 0) is 98.2 Å². The Bertz CT molecular complexity index is 627. The molecule has 0 aromatic carbocycles. The minimum absolute atomic E-state index is 0.186. The Hall–Kier alpha value is -0.750. The lowest BCUT2D eigenvalue weighted by atomic mass is 9.45. The number of carbonyl (C=O) groups excluding carboxylic acids is 1. The topological polar surface area (TPSA) is 55.8 Å². The molecule has 1 N–H and O–H groups in total. The Balaban J connectivity index is 0.000000714. The number of ether oxygens (including phenoxy) is 1. The summed E-state index contributed by atoms with van der Waals surface area (Å²) in [4.78, 5) is 14.6. The molecule has 4 fully saturated rings. The molecule has 0 radical (unpaired) electrons. The predicted octanol–water partition coefficient (Wildman–Crippen LogP) is 7.76. The highest BCUT2D eigenvalue weighted by Gasteiger charge is 2.59. The van der Waals surface area contributed by atoms with Crippen molar-refractivity contribution in [3.8, 4) is 0 Å². The lowest BCUT2D eigenvalue weighted by Crippen LogP contribution is -2.52. The summed E-state index contributed by atoms with van der Waals surface area (Å²) in [5, 5.41) is 7.07. The first-order valence-corrected chi connectivity index (χ1v) is 13.3. The van der Waals surface area contributed by atoms with Crippen molar-refractivity contribution in [3.63, 3.8) is 0 Å². The Morgan fingerprint density at radius 1 is 0.939 bits per heavy atom. The number of alkyl halides is 2. The smallest absolute Gasteiger partial charge is 0.376 e. The summed E-state index contributed by atoms with van der Waals surface area (Å²) in [7, 11) is 2.23. The highest BCUT2D eigenvalue weighted by molar-refractivity contribution is 5.77. The first-order chi connectivity index (χ1) is 15.6. The van der Waals surface area contributed by atoms with Crippen LogP contribution in [0.25, 0.3) is 0 Å². The first-order valence-electron chi connectivity index (χ1n) is 13.3. The number of methoxy groups -OCH3 is 1. The molecule has 4 aliphatic rings. The number of carbonyl (C=O) groups is 1. The molecule has 0 amide bonds. The summed E-state index contributed by atoms with van der Waals surface area (Å²) in [6, 6.07) is 0. The van der Waals surface area contributed by atoms with Gasteiger partial charge in [0.1, 0.15) is 0 Å². The van der Waals surface area contributed by atoms with Crippen molar-refractivity contribution in [1.82, 2.24) is 0 Å². The SMILES string of the molecule is CC.COC(=O)C(F)(F)CCC1CCC2C3CCC4CCCCC4(C)C3CCC12C.COO. The highest BCUT2D eigenvalue weighted by atomic mass is 19.3. The van der Waals surface area contributed by atoms with Gasteiger partial charge in [0.05, 0.1) is 14.2 Å². The van der Waals surface area contributed by atoms with Gasteiger partial charge in [-0.1, -0.05) is 40.5 Å². The van der Waals surface area contributed by atoms with Crippen LogP contribution < -0.4 is 0 Å². The lowest BCUT2D eigenvalue weighted by Gasteiger charge is -2.60. The van der Waals surface area contributed by atoms with E-state index >= 15 is 0 Å². The molecule has 7 atom stereocenters. The normalized spacial score (nSPS) is 39.5. The van der Waals surface area contributed by atoms with Crippen molar-refractivity contribution in [2.45, 2.75) is 111 Å². The van der Waals surface area contributed by atoms with Gasteiger partial charge in [-0.2, -0.15) is 8.78 Å². The van der Waals surface area contributed by atoms with Crippen LogP contribution in [0.2, 0.25) is 0 Å². The van der Waals surface area contributed by atoms with Gasteiger partial charge in [0.2, 0.25) is 0 Å². The number of fused-ring (bicyclic) bond motifs is 5. The van der Waals surface area contributed by atoms with Crippen molar-refractivity contribution < 1.29 is 28.5 Å². The van der Waals surface area contributed by atoms with Crippen LogP contribution >= 0.6 is 0 Å². The van der Waals surface area contributed by atoms with E-state index in [-0.39, 0.29) is 11.8 Å². The third-order valence-electron chi connectivity index (χ3n) is 10.1. The van der Waals surface area contributed by atoms with E-state index in [1.807, 2.05) is 13.8 Å². The lowest BCUT2D eigenvalue weighted by molar-refractivity contribution is -0.214. The monoisotopic (exact) mass is 474 g/mol. The van der Waals surface area contributed by atoms with Gasteiger partial charge in [-0.15, -0.1) is 0 Å². The van der Waals surface area contributed by atoms with Gasteiger partial charge in [0.15, 0.2) is 0 Å². The molecular weight excluding hydrogens is 426 g/mol. The molecule has 0 saturated heterocycles. The summed E-state index contributed by atoms with van der Waals surface area (Å²) in [5.74, 6) is -1.13. The van der Waals surface area contributed by atoms with E-state index < -0.39 is 11.9 Å². The van der Waals surface area contributed by atoms with E-state index in [4.69, 9.17) is 5.26 Å². The third kappa shape index (κ3) is 5.58. The number of hydrogen-bond donors (Lipinski definition) is 1. The van der Waals surface area contributed by atoms with E-state index in [0.717, 1.165) is 31.3 Å². The summed E-state index contributed by atoms with van der Waals surface area (Å²) < 4.78 is 32.4. The Morgan fingerprint density at radius 2 is 1.58 bits per heavy atom. The van der Waals surface area contributed by atoms with Gasteiger partial charge in [0, 0.05) is 6.42 Å². The minimum atomic E-state index is -3.34. The third-order valence-corrected chi connectivity index (χ3v) is 10.1. The number of hydrogen-bond acceptors (Lipinski definition) is 4. The molecule has 0 aromatic rings. The van der Waals surface area contributed by atoms with E-state index in [1.54, 1.807) is 0 Å². The van der Waals surface area contributed by atoms with Crippen molar-refractivity contribution in [2.24, 2.45) is 40.4 Å². The molecule has 0 heterocycles. The second-order valence-electron chi connectivity index (χ2n) is 11.1. The molecule has 4 aliphatic carbocycles. The average Bonchev–Trinajstić information content (AvgIpc) is 3.15.